The number of morpholine rings is 1. The number of hydrogen-bond donors (Lipinski definition) is 1. The molecule has 1 aromatic rings. The predicted molar refractivity (Wildman–Crippen MR) is 68.0 cm³/mol. The van der Waals surface area contributed by atoms with Crippen molar-refractivity contribution in [2.24, 2.45) is 0 Å². The molecule has 1 atom stereocenters. The van der Waals surface area contributed by atoms with E-state index in [1.54, 1.807) is 0 Å². The second-order valence-electron chi connectivity index (χ2n) is 5.15. The van der Waals surface area contributed by atoms with Gasteiger partial charge in [0, 0.05) is 13.1 Å². The molecule has 5 heteroatoms. The molecule has 0 aromatic carbocycles. The number of rotatable bonds is 4. The summed E-state index contributed by atoms with van der Waals surface area (Å²) in [5.41, 5.74) is 0.977. The summed E-state index contributed by atoms with van der Waals surface area (Å²) >= 11 is 0. The van der Waals surface area contributed by atoms with E-state index in [-0.39, 0.29) is 6.10 Å². The quantitative estimate of drug-likeness (QED) is 0.876. The van der Waals surface area contributed by atoms with Gasteiger partial charge < -0.3 is 14.8 Å². The Kier molecular flexibility index (Phi) is 3.52. The molecule has 1 saturated heterocycles. The second kappa shape index (κ2) is 5.28. The van der Waals surface area contributed by atoms with Crippen LogP contribution in [0.4, 0.5) is 0 Å². The largest absolute Gasteiger partial charge is 0.487 e. The summed E-state index contributed by atoms with van der Waals surface area (Å²) in [7, 11) is 0. The summed E-state index contributed by atoms with van der Waals surface area (Å²) in [4.78, 5) is 0. The zero-order valence-corrected chi connectivity index (χ0v) is 10.9. The summed E-state index contributed by atoms with van der Waals surface area (Å²) < 4.78 is 13.5. The minimum atomic E-state index is 0.158. The van der Waals surface area contributed by atoms with Crippen LogP contribution in [0.15, 0.2) is 6.20 Å². The van der Waals surface area contributed by atoms with Crippen molar-refractivity contribution < 1.29 is 9.47 Å². The van der Waals surface area contributed by atoms with Crippen LogP contribution in [-0.4, -0.2) is 42.2 Å². The van der Waals surface area contributed by atoms with Crippen molar-refractivity contribution in [1.82, 2.24) is 15.1 Å². The summed E-state index contributed by atoms with van der Waals surface area (Å²) in [6, 6.07) is 0.591. The van der Waals surface area contributed by atoms with E-state index in [2.05, 4.69) is 15.1 Å². The average Bonchev–Trinajstić information content (AvgIpc) is 2.67. The molecule has 2 aliphatic rings. The lowest BCUT2D eigenvalue weighted by Crippen LogP contribution is -2.41. The van der Waals surface area contributed by atoms with Crippen LogP contribution in [0.5, 0.6) is 5.75 Å². The fourth-order valence-corrected chi connectivity index (χ4v) is 2.35. The molecule has 1 saturated carbocycles. The molecule has 2 fully saturated rings. The van der Waals surface area contributed by atoms with Gasteiger partial charge in [-0.15, -0.1) is 0 Å². The lowest BCUT2D eigenvalue weighted by atomic mass is 9.93. The Bertz CT molecular complexity index is 395. The fraction of sp³-hybridized carbons (Fsp3) is 0.769. The molecule has 5 nitrogen and oxygen atoms in total. The molecule has 1 aromatic heterocycles. The van der Waals surface area contributed by atoms with Crippen LogP contribution in [0.25, 0.3) is 0 Å². The third kappa shape index (κ3) is 2.52. The van der Waals surface area contributed by atoms with E-state index in [1.807, 2.05) is 13.1 Å². The van der Waals surface area contributed by atoms with E-state index in [1.165, 1.54) is 19.3 Å². The molecule has 1 aliphatic heterocycles. The highest BCUT2D eigenvalue weighted by molar-refractivity contribution is 5.23. The first-order chi connectivity index (χ1) is 8.83. The van der Waals surface area contributed by atoms with E-state index >= 15 is 0 Å². The van der Waals surface area contributed by atoms with Gasteiger partial charge in [0.1, 0.15) is 18.4 Å². The van der Waals surface area contributed by atoms with Gasteiger partial charge in [0.15, 0.2) is 5.75 Å². The molecule has 3 rings (SSSR count). The van der Waals surface area contributed by atoms with Crippen molar-refractivity contribution in [1.29, 1.82) is 0 Å². The number of nitrogens with one attached hydrogen (secondary N) is 1. The van der Waals surface area contributed by atoms with Gasteiger partial charge in [-0.3, -0.25) is 4.68 Å². The van der Waals surface area contributed by atoms with Gasteiger partial charge in [-0.2, -0.15) is 5.10 Å². The topological polar surface area (TPSA) is 48.3 Å². The Morgan fingerprint density at radius 3 is 3.11 bits per heavy atom. The molecule has 0 spiro atoms. The van der Waals surface area contributed by atoms with Crippen LogP contribution in [0.1, 0.15) is 31.0 Å². The standard InChI is InChI=1S/C13H21N3O2/c1-10-13(8-16(15-10)11-3-2-4-11)18-9-12-7-14-5-6-17-12/h8,11-12,14H,2-7,9H2,1H3/t12-/m1/s1. The van der Waals surface area contributed by atoms with Crippen molar-refractivity contribution in [2.45, 2.75) is 38.3 Å². The number of ether oxygens (including phenoxy) is 2. The van der Waals surface area contributed by atoms with E-state index in [4.69, 9.17) is 9.47 Å². The maximum absolute atomic E-state index is 5.83. The van der Waals surface area contributed by atoms with E-state index in [9.17, 15) is 0 Å². The molecule has 2 heterocycles. The molecule has 0 radical (unpaired) electrons. The molecule has 0 amide bonds. The number of hydrogen-bond acceptors (Lipinski definition) is 4. The highest BCUT2D eigenvalue weighted by Gasteiger charge is 2.22. The first kappa shape index (κ1) is 12.0. The monoisotopic (exact) mass is 251 g/mol. The van der Waals surface area contributed by atoms with Gasteiger partial charge in [0.05, 0.1) is 18.8 Å². The zero-order chi connectivity index (χ0) is 12.4. The van der Waals surface area contributed by atoms with E-state index < -0.39 is 0 Å². The van der Waals surface area contributed by atoms with Crippen molar-refractivity contribution >= 4 is 0 Å². The first-order valence-corrected chi connectivity index (χ1v) is 6.84. The lowest BCUT2D eigenvalue weighted by molar-refractivity contribution is 0.0000337. The highest BCUT2D eigenvalue weighted by Crippen LogP contribution is 2.32. The maximum atomic E-state index is 5.83. The molecule has 1 aliphatic carbocycles. The van der Waals surface area contributed by atoms with Gasteiger partial charge in [-0.05, 0) is 26.2 Å². The SMILES string of the molecule is Cc1nn(C2CCC2)cc1OC[C@H]1CNCCO1. The number of aromatic nitrogens is 2. The maximum Gasteiger partial charge on any atom is 0.160 e. The molecule has 18 heavy (non-hydrogen) atoms. The second-order valence-corrected chi connectivity index (χ2v) is 5.15. The lowest BCUT2D eigenvalue weighted by Gasteiger charge is -2.25. The van der Waals surface area contributed by atoms with Gasteiger partial charge in [-0.1, -0.05) is 0 Å². The molecular formula is C13H21N3O2. The van der Waals surface area contributed by atoms with Gasteiger partial charge in [-0.25, -0.2) is 0 Å². The minimum Gasteiger partial charge on any atom is -0.487 e. The average molecular weight is 251 g/mol. The van der Waals surface area contributed by atoms with E-state index in [0.29, 0.717) is 12.6 Å². The third-order valence-corrected chi connectivity index (χ3v) is 3.75. The van der Waals surface area contributed by atoms with Crippen LogP contribution < -0.4 is 10.1 Å². The summed E-state index contributed by atoms with van der Waals surface area (Å²) in [5.74, 6) is 0.899. The predicted octanol–water partition coefficient (Wildman–Crippen LogP) is 1.28. The van der Waals surface area contributed by atoms with Crippen molar-refractivity contribution in [2.75, 3.05) is 26.3 Å². The summed E-state index contributed by atoms with van der Waals surface area (Å²) in [6.45, 7) is 5.19. The zero-order valence-electron chi connectivity index (χ0n) is 10.9. The van der Waals surface area contributed by atoms with E-state index in [0.717, 1.165) is 31.1 Å². The third-order valence-electron chi connectivity index (χ3n) is 3.75. The molecule has 0 bridgehead atoms. The van der Waals surface area contributed by atoms with Crippen LogP contribution >= 0.6 is 0 Å². The number of nitrogens with zero attached hydrogens (tertiary/aromatic N) is 2. The Labute approximate surface area is 107 Å². The highest BCUT2D eigenvalue weighted by atomic mass is 16.5. The summed E-state index contributed by atoms with van der Waals surface area (Å²) in [5, 5.41) is 7.83. The van der Waals surface area contributed by atoms with Crippen LogP contribution in [-0.2, 0) is 4.74 Å². The van der Waals surface area contributed by atoms with Crippen LogP contribution in [0.3, 0.4) is 0 Å². The minimum absolute atomic E-state index is 0.158. The van der Waals surface area contributed by atoms with Crippen molar-refractivity contribution in [3.05, 3.63) is 11.9 Å². The first-order valence-electron chi connectivity index (χ1n) is 6.84. The molecule has 1 N–H and O–H groups in total. The summed E-state index contributed by atoms with van der Waals surface area (Å²) in [6.07, 6.45) is 6.01. The van der Waals surface area contributed by atoms with Crippen molar-refractivity contribution in [3.63, 3.8) is 0 Å². The van der Waals surface area contributed by atoms with Crippen molar-refractivity contribution in [3.8, 4) is 5.75 Å². The Hall–Kier alpha value is -1.07. The van der Waals surface area contributed by atoms with Crippen LogP contribution in [0, 0.1) is 6.92 Å². The molecule has 100 valence electrons. The van der Waals surface area contributed by atoms with Gasteiger partial charge in [0.25, 0.3) is 0 Å². The Morgan fingerprint density at radius 2 is 2.44 bits per heavy atom. The Morgan fingerprint density at radius 1 is 1.56 bits per heavy atom. The smallest absolute Gasteiger partial charge is 0.160 e. The van der Waals surface area contributed by atoms with Gasteiger partial charge >= 0.3 is 0 Å². The fourth-order valence-electron chi connectivity index (χ4n) is 2.35. The normalized spacial score (nSPS) is 24.8. The van der Waals surface area contributed by atoms with Crippen LogP contribution in [0.2, 0.25) is 0 Å². The Balaban J connectivity index is 1.56. The number of aryl methyl sites for hydroxylation is 1. The molecular weight excluding hydrogens is 230 g/mol. The molecule has 0 unspecified atom stereocenters. The van der Waals surface area contributed by atoms with Gasteiger partial charge in [0.2, 0.25) is 0 Å².